The topological polar surface area (TPSA) is 61.0 Å². The summed E-state index contributed by atoms with van der Waals surface area (Å²) in [6, 6.07) is 4.76. The summed E-state index contributed by atoms with van der Waals surface area (Å²) in [5.74, 6) is 0. The first-order valence-electron chi connectivity index (χ1n) is 5.33. The van der Waals surface area contributed by atoms with E-state index in [0.717, 1.165) is 0 Å². The minimum atomic E-state index is -0.539. The molecule has 0 spiro atoms. The van der Waals surface area contributed by atoms with Crippen LogP contribution in [0.5, 0.6) is 0 Å². The third kappa shape index (κ3) is 2.54. The summed E-state index contributed by atoms with van der Waals surface area (Å²) < 4.78 is 1.28. The average Bonchev–Trinajstić information content (AvgIpc) is 2.70. The number of benzene rings is 1. The van der Waals surface area contributed by atoms with Gasteiger partial charge in [0, 0.05) is 0 Å². The summed E-state index contributed by atoms with van der Waals surface area (Å²) in [7, 11) is 0. The molecule has 0 saturated heterocycles. The largest absolute Gasteiger partial charge is 0.329 e. The molecule has 100 valence electrons. The number of hydrogen-bond acceptors (Lipinski definition) is 3. The molecular formula is C11H8Cl3N3O2. The minimum absolute atomic E-state index is 0.0553. The second-order valence-electron chi connectivity index (χ2n) is 3.71. The molecule has 1 heterocycles. The number of hydrogen-bond donors (Lipinski definition) is 0. The Balaban J connectivity index is 2.62. The zero-order valence-electron chi connectivity index (χ0n) is 9.73. The van der Waals surface area contributed by atoms with Crippen molar-refractivity contribution in [2.75, 3.05) is 0 Å². The lowest BCUT2D eigenvalue weighted by molar-refractivity contribution is -0.385. The van der Waals surface area contributed by atoms with Gasteiger partial charge in [-0.2, -0.15) is 5.10 Å². The Bertz CT molecular complexity index is 655. The lowest BCUT2D eigenvalue weighted by Crippen LogP contribution is -1.97. The molecule has 19 heavy (non-hydrogen) atoms. The Kier molecular flexibility index (Phi) is 3.99. The second kappa shape index (κ2) is 5.36. The lowest BCUT2D eigenvalue weighted by atomic mass is 10.3. The minimum Gasteiger partial charge on any atom is -0.258 e. The second-order valence-corrected chi connectivity index (χ2v) is 4.88. The maximum absolute atomic E-state index is 11.0. The van der Waals surface area contributed by atoms with Gasteiger partial charge in [-0.1, -0.05) is 41.7 Å². The Labute approximate surface area is 123 Å². The van der Waals surface area contributed by atoms with E-state index in [1.54, 1.807) is 25.1 Å². The fourth-order valence-corrected chi connectivity index (χ4v) is 2.24. The highest BCUT2D eigenvalue weighted by Gasteiger charge is 2.26. The molecule has 8 heteroatoms. The third-order valence-corrected chi connectivity index (χ3v) is 3.62. The first kappa shape index (κ1) is 14.1. The zero-order valence-corrected chi connectivity index (χ0v) is 12.0. The predicted molar refractivity (Wildman–Crippen MR) is 74.6 cm³/mol. The molecule has 0 amide bonds. The van der Waals surface area contributed by atoms with Gasteiger partial charge in [-0.15, -0.1) is 0 Å². The van der Waals surface area contributed by atoms with Crippen LogP contribution < -0.4 is 0 Å². The van der Waals surface area contributed by atoms with Crippen LogP contribution >= 0.6 is 34.8 Å². The summed E-state index contributed by atoms with van der Waals surface area (Å²) in [5, 5.41) is 15.8. The number of aromatic nitrogens is 2. The quantitative estimate of drug-likeness (QED) is 0.625. The van der Waals surface area contributed by atoms with Crippen LogP contribution in [0.2, 0.25) is 15.2 Å². The predicted octanol–water partition coefficient (Wildman–Crippen LogP) is 4.30. The average molecular weight is 321 g/mol. The van der Waals surface area contributed by atoms with Gasteiger partial charge in [0.15, 0.2) is 0 Å². The van der Waals surface area contributed by atoms with Crippen molar-refractivity contribution < 1.29 is 4.92 Å². The smallest absolute Gasteiger partial charge is 0.258 e. The molecule has 0 aliphatic carbocycles. The number of rotatable bonds is 3. The normalized spacial score (nSPS) is 10.7. The maximum Gasteiger partial charge on any atom is 0.329 e. The number of halogens is 3. The molecule has 0 bridgehead atoms. The molecule has 0 unspecified atom stereocenters. The van der Waals surface area contributed by atoms with Crippen molar-refractivity contribution in [1.29, 1.82) is 0 Å². The maximum atomic E-state index is 11.0. The van der Waals surface area contributed by atoms with Crippen molar-refractivity contribution in [3.63, 3.8) is 0 Å². The van der Waals surface area contributed by atoms with Crippen LogP contribution in [0.3, 0.4) is 0 Å². The molecule has 0 fully saturated rings. The van der Waals surface area contributed by atoms with Gasteiger partial charge >= 0.3 is 5.69 Å². The monoisotopic (exact) mass is 319 g/mol. The number of nitrogens with zero attached hydrogens (tertiary/aromatic N) is 3. The molecule has 0 radical (unpaired) electrons. The SMILES string of the molecule is CCc1nn(-c2ccc(Cl)c(Cl)c2)c(Cl)c1[N+](=O)[O-]. The van der Waals surface area contributed by atoms with E-state index in [9.17, 15) is 10.1 Å². The van der Waals surface area contributed by atoms with E-state index in [4.69, 9.17) is 34.8 Å². The summed E-state index contributed by atoms with van der Waals surface area (Å²) in [6.45, 7) is 1.77. The van der Waals surface area contributed by atoms with E-state index in [2.05, 4.69) is 5.10 Å². The van der Waals surface area contributed by atoms with E-state index in [1.807, 2.05) is 0 Å². The van der Waals surface area contributed by atoms with Gasteiger partial charge in [0.2, 0.25) is 5.15 Å². The van der Waals surface area contributed by atoms with Crippen LogP contribution in [-0.4, -0.2) is 14.7 Å². The lowest BCUT2D eigenvalue weighted by Gasteiger charge is -2.03. The van der Waals surface area contributed by atoms with Crippen molar-refractivity contribution in [2.24, 2.45) is 0 Å². The summed E-state index contributed by atoms with van der Waals surface area (Å²) in [5.41, 5.74) is 0.651. The van der Waals surface area contributed by atoms with E-state index in [-0.39, 0.29) is 10.8 Å². The van der Waals surface area contributed by atoms with Gasteiger partial charge in [0.1, 0.15) is 5.69 Å². The van der Waals surface area contributed by atoms with Crippen molar-refractivity contribution >= 4 is 40.5 Å². The highest BCUT2D eigenvalue weighted by molar-refractivity contribution is 6.42. The van der Waals surface area contributed by atoms with E-state index < -0.39 is 4.92 Å². The zero-order chi connectivity index (χ0) is 14.2. The van der Waals surface area contributed by atoms with Crippen LogP contribution in [-0.2, 0) is 6.42 Å². The number of nitro groups is 1. The summed E-state index contributed by atoms with van der Waals surface area (Å²) >= 11 is 17.7. The molecule has 0 saturated carbocycles. The fourth-order valence-electron chi connectivity index (χ4n) is 1.64. The highest BCUT2D eigenvalue weighted by atomic mass is 35.5. The Morgan fingerprint density at radius 1 is 1.32 bits per heavy atom. The van der Waals surface area contributed by atoms with Gasteiger partial charge in [-0.3, -0.25) is 10.1 Å². The van der Waals surface area contributed by atoms with Crippen molar-refractivity contribution in [3.8, 4) is 5.69 Å². The van der Waals surface area contributed by atoms with E-state index in [0.29, 0.717) is 27.8 Å². The van der Waals surface area contributed by atoms with Crippen molar-refractivity contribution in [1.82, 2.24) is 9.78 Å². The standard InChI is InChI=1S/C11H8Cl3N3O2/c1-2-9-10(17(18)19)11(14)16(15-9)6-3-4-7(12)8(13)5-6/h3-5H,2H2,1H3. The molecule has 0 atom stereocenters. The van der Waals surface area contributed by atoms with Crippen LogP contribution in [0.4, 0.5) is 5.69 Å². The van der Waals surface area contributed by atoms with Gasteiger partial charge in [0.25, 0.3) is 0 Å². The van der Waals surface area contributed by atoms with Crippen LogP contribution in [0.25, 0.3) is 5.69 Å². The first-order chi connectivity index (χ1) is 8.95. The Morgan fingerprint density at radius 2 is 2.00 bits per heavy atom. The Morgan fingerprint density at radius 3 is 2.47 bits per heavy atom. The van der Waals surface area contributed by atoms with E-state index in [1.165, 1.54) is 4.68 Å². The van der Waals surface area contributed by atoms with E-state index >= 15 is 0 Å². The molecule has 1 aromatic carbocycles. The molecule has 0 aliphatic heterocycles. The van der Waals surface area contributed by atoms with Crippen LogP contribution in [0.1, 0.15) is 12.6 Å². The molecule has 2 aromatic rings. The summed E-state index contributed by atoms with van der Waals surface area (Å²) in [4.78, 5) is 10.4. The van der Waals surface area contributed by atoms with Gasteiger partial charge in [-0.25, -0.2) is 4.68 Å². The van der Waals surface area contributed by atoms with Crippen molar-refractivity contribution in [2.45, 2.75) is 13.3 Å². The summed E-state index contributed by atoms with van der Waals surface area (Å²) in [6.07, 6.45) is 0.407. The highest BCUT2D eigenvalue weighted by Crippen LogP contribution is 2.32. The van der Waals surface area contributed by atoms with Gasteiger partial charge in [-0.05, 0) is 24.6 Å². The van der Waals surface area contributed by atoms with Gasteiger partial charge in [0.05, 0.1) is 20.7 Å². The molecule has 0 aliphatic rings. The molecular weight excluding hydrogens is 312 g/mol. The Hall–Kier alpha value is -1.30. The first-order valence-corrected chi connectivity index (χ1v) is 6.46. The van der Waals surface area contributed by atoms with Gasteiger partial charge < -0.3 is 0 Å². The molecule has 5 nitrogen and oxygen atoms in total. The number of aryl methyl sites for hydroxylation is 1. The molecule has 1 aromatic heterocycles. The van der Waals surface area contributed by atoms with Crippen molar-refractivity contribution in [3.05, 3.63) is 49.2 Å². The molecule has 0 N–H and O–H groups in total. The fraction of sp³-hybridized carbons (Fsp3) is 0.182. The third-order valence-electron chi connectivity index (χ3n) is 2.54. The van der Waals surface area contributed by atoms with Crippen LogP contribution in [0.15, 0.2) is 18.2 Å². The molecule has 2 rings (SSSR count). The van der Waals surface area contributed by atoms with Crippen LogP contribution in [0, 0.1) is 10.1 Å².